The molecule has 0 amide bonds. The van der Waals surface area contributed by atoms with Gasteiger partial charge in [0.25, 0.3) is 0 Å². The van der Waals surface area contributed by atoms with Crippen LogP contribution in [-0.2, 0) is 0 Å². The first-order chi connectivity index (χ1) is 8.09. The topological polar surface area (TPSA) is 0 Å². The molecule has 2 heteroatoms. The average Bonchev–Trinajstić information content (AvgIpc) is 2.33. The van der Waals surface area contributed by atoms with Crippen molar-refractivity contribution in [1.29, 1.82) is 0 Å². The van der Waals surface area contributed by atoms with Crippen LogP contribution in [0.2, 0.25) is 0 Å². The number of aryl methyl sites for hydroxylation is 2. The fourth-order valence-electron chi connectivity index (χ4n) is 1.78. The minimum Gasteiger partial charge on any atom is -0.113 e. The zero-order chi connectivity index (χ0) is 12.4. The minimum atomic E-state index is -0.107. The van der Waals surface area contributed by atoms with Crippen molar-refractivity contribution in [3.05, 3.63) is 69.2 Å². The van der Waals surface area contributed by atoms with Crippen LogP contribution in [0.1, 0.15) is 27.6 Å². The van der Waals surface area contributed by atoms with Gasteiger partial charge in [0.05, 0.1) is 5.38 Å². The van der Waals surface area contributed by atoms with Gasteiger partial charge in [-0.25, -0.2) is 0 Å². The summed E-state index contributed by atoms with van der Waals surface area (Å²) in [7, 11) is 0. The second-order valence-electron chi connectivity index (χ2n) is 4.25. The molecule has 0 radical (unpaired) electrons. The summed E-state index contributed by atoms with van der Waals surface area (Å²) in [6, 6.07) is 14.5. The summed E-state index contributed by atoms with van der Waals surface area (Å²) in [5.41, 5.74) is 4.71. The van der Waals surface area contributed by atoms with Crippen molar-refractivity contribution >= 4 is 27.5 Å². The summed E-state index contributed by atoms with van der Waals surface area (Å²) in [5.74, 6) is 0. The lowest BCUT2D eigenvalue weighted by Gasteiger charge is -2.14. The molecular formula is C15H14BrCl. The van der Waals surface area contributed by atoms with Crippen LogP contribution in [0, 0.1) is 13.8 Å². The molecule has 0 fully saturated rings. The molecule has 2 aromatic carbocycles. The predicted molar refractivity (Wildman–Crippen MR) is 77.8 cm³/mol. The number of hydrogen-bond acceptors (Lipinski definition) is 0. The Kier molecular flexibility index (Phi) is 3.90. The van der Waals surface area contributed by atoms with E-state index >= 15 is 0 Å². The molecule has 2 aromatic rings. The van der Waals surface area contributed by atoms with E-state index in [1.54, 1.807) is 0 Å². The van der Waals surface area contributed by atoms with E-state index < -0.39 is 0 Å². The third kappa shape index (κ3) is 2.72. The molecule has 88 valence electrons. The van der Waals surface area contributed by atoms with Crippen LogP contribution in [0.4, 0.5) is 0 Å². The molecule has 2 rings (SSSR count). The Labute approximate surface area is 116 Å². The maximum absolute atomic E-state index is 6.53. The van der Waals surface area contributed by atoms with E-state index in [0.717, 1.165) is 15.6 Å². The molecule has 0 aromatic heterocycles. The van der Waals surface area contributed by atoms with Gasteiger partial charge in [-0.1, -0.05) is 64.0 Å². The van der Waals surface area contributed by atoms with Crippen LogP contribution in [0.25, 0.3) is 0 Å². The number of benzene rings is 2. The molecular weight excluding hydrogens is 296 g/mol. The summed E-state index contributed by atoms with van der Waals surface area (Å²) in [6.45, 7) is 4.15. The number of hydrogen-bond donors (Lipinski definition) is 0. The second-order valence-corrected chi connectivity index (χ2v) is 5.48. The van der Waals surface area contributed by atoms with Crippen molar-refractivity contribution in [1.82, 2.24) is 0 Å². The van der Waals surface area contributed by atoms with E-state index in [1.807, 2.05) is 6.07 Å². The molecule has 0 bridgehead atoms. The second kappa shape index (κ2) is 5.24. The quantitative estimate of drug-likeness (QED) is 0.652. The summed E-state index contributed by atoms with van der Waals surface area (Å²) >= 11 is 10.1. The van der Waals surface area contributed by atoms with Crippen LogP contribution >= 0.6 is 27.5 Å². The largest absolute Gasteiger partial charge is 0.113 e. The predicted octanol–water partition coefficient (Wildman–Crippen LogP) is 5.39. The molecule has 0 N–H and O–H groups in total. The van der Waals surface area contributed by atoms with Crippen molar-refractivity contribution in [3.8, 4) is 0 Å². The zero-order valence-electron chi connectivity index (χ0n) is 9.87. The first-order valence-corrected chi connectivity index (χ1v) is 6.78. The van der Waals surface area contributed by atoms with Crippen molar-refractivity contribution in [3.63, 3.8) is 0 Å². The van der Waals surface area contributed by atoms with Gasteiger partial charge in [0.2, 0.25) is 0 Å². The Hall–Kier alpha value is -0.790. The Morgan fingerprint density at radius 3 is 2.29 bits per heavy atom. The van der Waals surface area contributed by atoms with E-state index in [9.17, 15) is 0 Å². The van der Waals surface area contributed by atoms with Crippen LogP contribution in [0.15, 0.2) is 46.9 Å². The lowest BCUT2D eigenvalue weighted by molar-refractivity contribution is 1.11. The highest BCUT2D eigenvalue weighted by atomic mass is 79.9. The summed E-state index contributed by atoms with van der Waals surface area (Å²) < 4.78 is 1.10. The maximum atomic E-state index is 6.53. The fraction of sp³-hybridized carbons (Fsp3) is 0.200. The van der Waals surface area contributed by atoms with Gasteiger partial charge in [0.15, 0.2) is 0 Å². The van der Waals surface area contributed by atoms with Gasteiger partial charge in [-0.15, -0.1) is 11.6 Å². The molecule has 17 heavy (non-hydrogen) atoms. The molecule has 0 heterocycles. The normalized spacial score (nSPS) is 12.5. The fourth-order valence-corrected chi connectivity index (χ4v) is 2.73. The molecule has 0 nitrogen and oxygen atoms in total. The zero-order valence-corrected chi connectivity index (χ0v) is 12.2. The molecule has 1 unspecified atom stereocenters. The summed E-state index contributed by atoms with van der Waals surface area (Å²) in [4.78, 5) is 0. The van der Waals surface area contributed by atoms with E-state index in [2.05, 4.69) is 66.2 Å². The summed E-state index contributed by atoms with van der Waals surface area (Å²) in [6.07, 6.45) is 0. The number of alkyl halides is 1. The monoisotopic (exact) mass is 308 g/mol. The van der Waals surface area contributed by atoms with Crippen molar-refractivity contribution in [2.75, 3.05) is 0 Å². The van der Waals surface area contributed by atoms with Crippen LogP contribution in [0.3, 0.4) is 0 Å². The van der Waals surface area contributed by atoms with Gasteiger partial charge < -0.3 is 0 Å². The smallest absolute Gasteiger partial charge is 0.0846 e. The third-order valence-electron chi connectivity index (χ3n) is 2.86. The molecule has 0 spiro atoms. The lowest BCUT2D eigenvalue weighted by atomic mass is 10.0. The summed E-state index contributed by atoms with van der Waals surface area (Å²) in [5, 5.41) is -0.107. The first-order valence-electron chi connectivity index (χ1n) is 5.55. The van der Waals surface area contributed by atoms with Crippen molar-refractivity contribution in [2.45, 2.75) is 19.2 Å². The minimum absolute atomic E-state index is 0.107. The van der Waals surface area contributed by atoms with Gasteiger partial charge in [0, 0.05) is 4.47 Å². The highest BCUT2D eigenvalue weighted by molar-refractivity contribution is 9.10. The van der Waals surface area contributed by atoms with Crippen LogP contribution in [-0.4, -0.2) is 0 Å². The van der Waals surface area contributed by atoms with Crippen LogP contribution in [0.5, 0.6) is 0 Å². The Balaban J connectivity index is 2.40. The third-order valence-corrected chi connectivity index (χ3v) is 4.44. The number of halogens is 2. The molecule has 0 saturated carbocycles. The molecule has 0 aliphatic rings. The Bertz CT molecular complexity index is 517. The van der Waals surface area contributed by atoms with Gasteiger partial charge in [-0.05, 0) is 30.5 Å². The van der Waals surface area contributed by atoms with Gasteiger partial charge in [-0.3, -0.25) is 0 Å². The van der Waals surface area contributed by atoms with Gasteiger partial charge in [0.1, 0.15) is 0 Å². The lowest BCUT2D eigenvalue weighted by Crippen LogP contribution is -1.95. The Morgan fingerprint density at radius 2 is 1.65 bits per heavy atom. The molecule has 0 saturated heterocycles. The van der Waals surface area contributed by atoms with Gasteiger partial charge >= 0.3 is 0 Å². The molecule has 1 atom stereocenters. The maximum Gasteiger partial charge on any atom is 0.0846 e. The highest BCUT2D eigenvalue weighted by Crippen LogP contribution is 2.35. The van der Waals surface area contributed by atoms with Crippen molar-refractivity contribution < 1.29 is 0 Å². The molecule has 0 aliphatic carbocycles. The van der Waals surface area contributed by atoms with E-state index in [-0.39, 0.29) is 5.38 Å². The van der Waals surface area contributed by atoms with Crippen molar-refractivity contribution in [2.24, 2.45) is 0 Å². The average molecular weight is 310 g/mol. The van der Waals surface area contributed by atoms with Gasteiger partial charge in [-0.2, -0.15) is 0 Å². The van der Waals surface area contributed by atoms with E-state index in [4.69, 9.17) is 11.6 Å². The SMILES string of the molecule is Cc1ccc(C(Cl)c2cccc(C)c2Br)cc1. The van der Waals surface area contributed by atoms with Crippen LogP contribution < -0.4 is 0 Å². The standard InChI is InChI=1S/C15H14BrCl/c1-10-6-8-12(9-7-10)15(17)13-5-3-4-11(2)14(13)16/h3-9,15H,1-2H3. The number of rotatable bonds is 2. The highest BCUT2D eigenvalue weighted by Gasteiger charge is 2.14. The van der Waals surface area contributed by atoms with E-state index in [1.165, 1.54) is 11.1 Å². The molecule has 0 aliphatic heterocycles. The van der Waals surface area contributed by atoms with E-state index in [0.29, 0.717) is 0 Å². The Morgan fingerprint density at radius 1 is 1.00 bits per heavy atom. The first kappa shape index (κ1) is 12.7.